The van der Waals surface area contributed by atoms with Gasteiger partial charge < -0.3 is 29.6 Å². The highest BCUT2D eigenvalue weighted by Gasteiger charge is 2.37. The van der Waals surface area contributed by atoms with Gasteiger partial charge in [0.25, 0.3) is 0 Å². The molecule has 3 rings (SSSR count). The minimum absolute atomic E-state index is 0. The highest BCUT2D eigenvalue weighted by molar-refractivity contribution is 14.0. The summed E-state index contributed by atoms with van der Waals surface area (Å²) in [6.45, 7) is 1.36. The van der Waals surface area contributed by atoms with Crippen molar-refractivity contribution in [3.63, 3.8) is 0 Å². The first kappa shape index (κ1) is 26.9. The van der Waals surface area contributed by atoms with Crippen molar-refractivity contribution < 1.29 is 18.9 Å². The molecular weight excluding hydrogens is 533 g/mol. The van der Waals surface area contributed by atoms with Crippen molar-refractivity contribution >= 4 is 29.9 Å². The lowest BCUT2D eigenvalue weighted by Crippen LogP contribution is -2.44. The van der Waals surface area contributed by atoms with Crippen LogP contribution in [-0.2, 0) is 12.0 Å². The lowest BCUT2D eigenvalue weighted by atomic mass is 9.78. The molecule has 0 spiro atoms. The van der Waals surface area contributed by atoms with Crippen LogP contribution in [0, 0.1) is 0 Å². The smallest absolute Gasteiger partial charge is 0.203 e. The first-order chi connectivity index (χ1) is 15.6. The van der Waals surface area contributed by atoms with E-state index in [9.17, 15) is 0 Å². The van der Waals surface area contributed by atoms with Gasteiger partial charge in [0, 0.05) is 31.1 Å². The summed E-state index contributed by atoms with van der Waals surface area (Å²) in [7, 11) is 8.37. The summed E-state index contributed by atoms with van der Waals surface area (Å²) in [4.78, 5) is 4.43. The van der Waals surface area contributed by atoms with E-state index in [1.54, 1.807) is 35.5 Å². The van der Waals surface area contributed by atoms with Gasteiger partial charge in [0.2, 0.25) is 5.75 Å². The molecule has 0 aliphatic heterocycles. The van der Waals surface area contributed by atoms with Crippen LogP contribution >= 0.6 is 24.0 Å². The molecule has 8 heteroatoms. The Labute approximate surface area is 214 Å². The molecule has 0 atom stereocenters. The summed E-state index contributed by atoms with van der Waals surface area (Å²) in [5.41, 5.74) is 2.31. The number of methoxy groups -OCH3 is 4. The number of para-hydroxylation sites is 1. The van der Waals surface area contributed by atoms with Gasteiger partial charge >= 0.3 is 0 Å². The predicted molar refractivity (Wildman–Crippen MR) is 143 cm³/mol. The standard InChI is InChI=1S/C25H35N3O4.HI/c1-26-24(27-16-18-14-21(30-3)23(32-5)22(15-18)31-4)28-17-25(12-8-9-13-25)19-10-6-7-11-20(19)29-2;/h6-7,10-11,14-15H,8-9,12-13,16-17H2,1-5H3,(H2,26,27,28);1H. The summed E-state index contributed by atoms with van der Waals surface area (Å²) in [5.74, 6) is 3.55. The van der Waals surface area contributed by atoms with Gasteiger partial charge in [-0.1, -0.05) is 31.0 Å². The molecule has 2 aromatic rings. The maximum Gasteiger partial charge on any atom is 0.203 e. The van der Waals surface area contributed by atoms with E-state index in [0.29, 0.717) is 23.8 Å². The van der Waals surface area contributed by atoms with Crippen molar-refractivity contribution in [3.8, 4) is 23.0 Å². The number of rotatable bonds is 9. The monoisotopic (exact) mass is 569 g/mol. The molecule has 7 nitrogen and oxygen atoms in total. The van der Waals surface area contributed by atoms with Gasteiger partial charge in [-0.2, -0.15) is 0 Å². The van der Waals surface area contributed by atoms with Crippen LogP contribution in [0.1, 0.15) is 36.8 Å². The molecule has 182 valence electrons. The maximum atomic E-state index is 5.68. The molecule has 33 heavy (non-hydrogen) atoms. The van der Waals surface area contributed by atoms with Gasteiger partial charge in [-0.05, 0) is 36.6 Å². The molecule has 0 aromatic heterocycles. The number of ether oxygens (including phenoxy) is 4. The molecule has 0 radical (unpaired) electrons. The second-order valence-corrected chi connectivity index (χ2v) is 8.00. The van der Waals surface area contributed by atoms with Crippen LogP contribution in [0.5, 0.6) is 23.0 Å². The summed E-state index contributed by atoms with van der Waals surface area (Å²) in [6, 6.07) is 12.2. The van der Waals surface area contributed by atoms with Crippen molar-refractivity contribution in [3.05, 3.63) is 47.5 Å². The highest BCUT2D eigenvalue weighted by Crippen LogP contribution is 2.44. The van der Waals surface area contributed by atoms with Crippen LogP contribution in [0.15, 0.2) is 41.4 Å². The second-order valence-electron chi connectivity index (χ2n) is 8.00. The van der Waals surface area contributed by atoms with Gasteiger partial charge in [0.1, 0.15) is 5.75 Å². The minimum Gasteiger partial charge on any atom is -0.496 e. The fourth-order valence-corrected chi connectivity index (χ4v) is 4.57. The third-order valence-electron chi connectivity index (χ3n) is 6.24. The number of benzene rings is 2. The third kappa shape index (κ3) is 6.16. The normalized spacial score (nSPS) is 14.8. The zero-order valence-corrected chi connectivity index (χ0v) is 22.5. The molecule has 1 fully saturated rings. The van der Waals surface area contributed by atoms with Crippen molar-refractivity contribution in [2.24, 2.45) is 4.99 Å². The van der Waals surface area contributed by atoms with Crippen LogP contribution in [0.2, 0.25) is 0 Å². The lowest BCUT2D eigenvalue weighted by molar-refractivity contribution is 0.323. The second kappa shape index (κ2) is 12.8. The van der Waals surface area contributed by atoms with Crippen molar-refractivity contribution in [1.29, 1.82) is 0 Å². The Morgan fingerprint density at radius 1 is 0.879 bits per heavy atom. The molecule has 1 aliphatic carbocycles. The summed E-state index contributed by atoms with van der Waals surface area (Å²) in [5, 5.41) is 6.95. The van der Waals surface area contributed by atoms with Crippen LogP contribution in [0.4, 0.5) is 0 Å². The number of nitrogens with one attached hydrogen (secondary N) is 2. The third-order valence-corrected chi connectivity index (χ3v) is 6.24. The molecule has 0 saturated heterocycles. The zero-order chi connectivity index (χ0) is 23.0. The fourth-order valence-electron chi connectivity index (χ4n) is 4.57. The SMILES string of the molecule is CN=C(NCc1cc(OC)c(OC)c(OC)c1)NCC1(c2ccccc2OC)CCCC1.I. The van der Waals surface area contributed by atoms with E-state index in [1.165, 1.54) is 18.4 Å². The molecule has 2 aromatic carbocycles. The van der Waals surface area contributed by atoms with E-state index in [1.807, 2.05) is 24.3 Å². The number of hydrogen-bond acceptors (Lipinski definition) is 5. The molecule has 1 saturated carbocycles. The van der Waals surface area contributed by atoms with E-state index in [4.69, 9.17) is 18.9 Å². The average Bonchev–Trinajstić information content (AvgIpc) is 3.33. The maximum absolute atomic E-state index is 5.68. The molecule has 0 amide bonds. The number of hydrogen-bond donors (Lipinski definition) is 2. The van der Waals surface area contributed by atoms with Gasteiger partial charge in [0.05, 0.1) is 28.4 Å². The summed E-state index contributed by atoms with van der Waals surface area (Å²) < 4.78 is 22.0. The number of nitrogens with zero attached hydrogens (tertiary/aromatic N) is 1. The number of aliphatic imine (C=N–C) groups is 1. The molecular formula is C25H36IN3O4. The van der Waals surface area contributed by atoms with Gasteiger partial charge in [-0.3, -0.25) is 4.99 Å². The van der Waals surface area contributed by atoms with E-state index in [-0.39, 0.29) is 29.4 Å². The largest absolute Gasteiger partial charge is 0.496 e. The van der Waals surface area contributed by atoms with E-state index >= 15 is 0 Å². The zero-order valence-electron chi connectivity index (χ0n) is 20.2. The first-order valence-corrected chi connectivity index (χ1v) is 11.0. The van der Waals surface area contributed by atoms with Crippen LogP contribution < -0.4 is 29.6 Å². The van der Waals surface area contributed by atoms with Crippen molar-refractivity contribution in [2.75, 3.05) is 42.0 Å². The molecule has 0 unspecified atom stereocenters. The Morgan fingerprint density at radius 2 is 1.48 bits per heavy atom. The Hall–Kier alpha value is -2.36. The van der Waals surface area contributed by atoms with Crippen molar-refractivity contribution in [2.45, 2.75) is 37.6 Å². The highest BCUT2D eigenvalue weighted by atomic mass is 127. The molecule has 0 bridgehead atoms. The Morgan fingerprint density at radius 3 is 2.03 bits per heavy atom. The van der Waals surface area contributed by atoms with Gasteiger partial charge in [-0.15, -0.1) is 24.0 Å². The lowest BCUT2D eigenvalue weighted by Gasteiger charge is -2.32. The Kier molecular flexibility index (Phi) is 10.4. The molecule has 0 heterocycles. The Balaban J connectivity index is 0.00000385. The number of halogens is 1. The van der Waals surface area contributed by atoms with Crippen LogP contribution in [-0.4, -0.2) is 48.0 Å². The fraction of sp³-hybridized carbons (Fsp3) is 0.480. The van der Waals surface area contributed by atoms with Gasteiger partial charge in [0.15, 0.2) is 17.5 Å². The number of guanidine groups is 1. The van der Waals surface area contributed by atoms with Crippen molar-refractivity contribution in [1.82, 2.24) is 10.6 Å². The summed E-state index contributed by atoms with van der Waals surface area (Å²) in [6.07, 6.45) is 4.70. The van der Waals surface area contributed by atoms with E-state index in [2.05, 4.69) is 27.8 Å². The topological polar surface area (TPSA) is 73.3 Å². The van der Waals surface area contributed by atoms with Crippen LogP contribution in [0.3, 0.4) is 0 Å². The Bertz CT molecular complexity index is 905. The quantitative estimate of drug-likeness (QED) is 0.263. The first-order valence-electron chi connectivity index (χ1n) is 11.0. The van der Waals surface area contributed by atoms with E-state index < -0.39 is 0 Å². The van der Waals surface area contributed by atoms with Crippen LogP contribution in [0.25, 0.3) is 0 Å². The molecule has 1 aliphatic rings. The van der Waals surface area contributed by atoms with Gasteiger partial charge in [-0.25, -0.2) is 0 Å². The molecule has 2 N–H and O–H groups in total. The minimum atomic E-state index is 0. The van der Waals surface area contributed by atoms with E-state index in [0.717, 1.165) is 36.7 Å². The predicted octanol–water partition coefficient (Wildman–Crippen LogP) is 4.52. The average molecular weight is 569 g/mol. The summed E-state index contributed by atoms with van der Waals surface area (Å²) >= 11 is 0.